The molecule has 0 bridgehead atoms. The summed E-state index contributed by atoms with van der Waals surface area (Å²) in [7, 11) is 2.90. The largest absolute Gasteiger partial charge is 0.494 e. The first-order valence-electron chi connectivity index (χ1n) is 10.6. The van der Waals surface area contributed by atoms with E-state index >= 15 is 0 Å². The lowest BCUT2D eigenvalue weighted by Crippen LogP contribution is -2.49. The fraction of sp³-hybridized carbons (Fsp3) is 0.375. The minimum atomic E-state index is -0.961. The maximum absolute atomic E-state index is 13.3. The van der Waals surface area contributed by atoms with Gasteiger partial charge in [0.1, 0.15) is 11.8 Å². The van der Waals surface area contributed by atoms with Crippen LogP contribution >= 0.6 is 11.6 Å². The van der Waals surface area contributed by atoms with Crippen molar-refractivity contribution in [3.8, 4) is 5.75 Å². The summed E-state index contributed by atoms with van der Waals surface area (Å²) in [4.78, 5) is 41.8. The number of hydrogen-bond donors (Lipinski definition) is 0. The van der Waals surface area contributed by atoms with Gasteiger partial charge in [-0.25, -0.2) is 4.90 Å². The van der Waals surface area contributed by atoms with Crippen LogP contribution < -0.4 is 9.64 Å². The first-order chi connectivity index (χ1) is 15.9. The van der Waals surface area contributed by atoms with Crippen LogP contribution in [0.5, 0.6) is 5.75 Å². The molecule has 3 rings (SSSR count). The summed E-state index contributed by atoms with van der Waals surface area (Å²) in [5.74, 6) is -0.541. The summed E-state index contributed by atoms with van der Waals surface area (Å²) in [6.07, 6.45) is -0.835. The van der Waals surface area contributed by atoms with E-state index in [1.807, 2.05) is 6.92 Å². The van der Waals surface area contributed by atoms with E-state index in [0.717, 1.165) is 10.5 Å². The Morgan fingerprint density at radius 2 is 1.73 bits per heavy atom. The fourth-order valence-electron chi connectivity index (χ4n) is 3.68. The topological polar surface area (TPSA) is 85.4 Å². The number of rotatable bonds is 10. The zero-order valence-corrected chi connectivity index (χ0v) is 19.6. The van der Waals surface area contributed by atoms with E-state index in [-0.39, 0.29) is 31.2 Å². The Bertz CT molecular complexity index is 975. The highest BCUT2D eigenvalue weighted by atomic mass is 35.5. The van der Waals surface area contributed by atoms with Gasteiger partial charge in [0, 0.05) is 19.2 Å². The SMILES string of the molecule is CCOc1ccc(N2C(=O)CC(N(CC(OC)OC)C(=O)Cc3ccc(Cl)cc3)C2=O)cc1. The third-order valence-electron chi connectivity index (χ3n) is 5.37. The molecule has 0 N–H and O–H groups in total. The van der Waals surface area contributed by atoms with Gasteiger partial charge in [0.2, 0.25) is 11.8 Å². The number of anilines is 1. The second kappa shape index (κ2) is 11.3. The Kier molecular flexibility index (Phi) is 8.43. The summed E-state index contributed by atoms with van der Waals surface area (Å²) in [6.45, 7) is 2.38. The average molecular weight is 475 g/mol. The van der Waals surface area contributed by atoms with Crippen molar-refractivity contribution in [2.75, 3.05) is 32.3 Å². The lowest BCUT2D eigenvalue weighted by Gasteiger charge is -2.30. The van der Waals surface area contributed by atoms with E-state index in [1.165, 1.54) is 19.1 Å². The van der Waals surface area contributed by atoms with Gasteiger partial charge in [0.15, 0.2) is 6.29 Å². The molecule has 1 unspecified atom stereocenters. The monoisotopic (exact) mass is 474 g/mol. The predicted molar refractivity (Wildman–Crippen MR) is 123 cm³/mol. The number of amides is 3. The Hall–Kier alpha value is -2.94. The van der Waals surface area contributed by atoms with Crippen LogP contribution in [0.3, 0.4) is 0 Å². The van der Waals surface area contributed by atoms with Crippen molar-refractivity contribution in [1.82, 2.24) is 4.90 Å². The molecule has 1 aliphatic heterocycles. The Balaban J connectivity index is 1.84. The van der Waals surface area contributed by atoms with Gasteiger partial charge in [-0.3, -0.25) is 14.4 Å². The molecule has 1 fully saturated rings. The molecule has 2 aromatic rings. The maximum Gasteiger partial charge on any atom is 0.257 e. The minimum Gasteiger partial charge on any atom is -0.494 e. The number of halogens is 1. The van der Waals surface area contributed by atoms with Crippen LogP contribution in [0.25, 0.3) is 0 Å². The molecule has 176 valence electrons. The number of hydrogen-bond acceptors (Lipinski definition) is 6. The molecule has 1 heterocycles. The molecule has 1 atom stereocenters. The standard InChI is InChI=1S/C24H27ClN2O6/c1-4-33-19-11-9-18(10-12-19)27-22(29)14-20(24(27)30)26(15-23(31-2)32-3)21(28)13-16-5-7-17(25)8-6-16/h5-12,20,23H,4,13-15H2,1-3H3. The van der Waals surface area contributed by atoms with Gasteiger partial charge in [-0.1, -0.05) is 23.7 Å². The molecule has 0 aromatic heterocycles. The molecule has 3 amide bonds. The van der Waals surface area contributed by atoms with Gasteiger partial charge in [-0.05, 0) is 48.9 Å². The summed E-state index contributed by atoms with van der Waals surface area (Å²) in [6, 6.07) is 12.6. The molecule has 0 saturated carbocycles. The van der Waals surface area contributed by atoms with Crippen LogP contribution in [0.2, 0.25) is 5.02 Å². The van der Waals surface area contributed by atoms with Crippen molar-refractivity contribution in [2.45, 2.75) is 32.1 Å². The first-order valence-corrected chi connectivity index (χ1v) is 10.9. The zero-order valence-electron chi connectivity index (χ0n) is 18.8. The molecule has 0 aliphatic carbocycles. The summed E-state index contributed by atoms with van der Waals surface area (Å²) >= 11 is 5.93. The first kappa shape index (κ1) is 24.7. The summed E-state index contributed by atoms with van der Waals surface area (Å²) in [5, 5.41) is 0.560. The van der Waals surface area contributed by atoms with E-state index in [1.54, 1.807) is 48.5 Å². The molecule has 33 heavy (non-hydrogen) atoms. The third-order valence-corrected chi connectivity index (χ3v) is 5.62. The smallest absolute Gasteiger partial charge is 0.257 e. The number of carbonyl (C=O) groups is 3. The molecule has 1 saturated heterocycles. The van der Waals surface area contributed by atoms with Crippen molar-refractivity contribution in [3.63, 3.8) is 0 Å². The molecular weight excluding hydrogens is 448 g/mol. The van der Waals surface area contributed by atoms with Crippen LogP contribution in [-0.4, -0.2) is 62.3 Å². The van der Waals surface area contributed by atoms with E-state index in [4.69, 9.17) is 25.8 Å². The Morgan fingerprint density at radius 1 is 1.09 bits per heavy atom. The predicted octanol–water partition coefficient (Wildman–Crippen LogP) is 3.06. The van der Waals surface area contributed by atoms with Gasteiger partial charge in [0.05, 0.1) is 31.7 Å². The van der Waals surface area contributed by atoms with Gasteiger partial charge in [-0.15, -0.1) is 0 Å². The number of ether oxygens (including phenoxy) is 3. The lowest BCUT2D eigenvalue weighted by atomic mass is 10.1. The minimum absolute atomic E-state index is 0.000226. The highest BCUT2D eigenvalue weighted by Crippen LogP contribution is 2.28. The molecular formula is C24H27ClN2O6. The van der Waals surface area contributed by atoms with Gasteiger partial charge < -0.3 is 19.1 Å². The van der Waals surface area contributed by atoms with E-state index in [2.05, 4.69) is 0 Å². The molecule has 0 spiro atoms. The van der Waals surface area contributed by atoms with Crippen molar-refractivity contribution >= 4 is 35.0 Å². The lowest BCUT2D eigenvalue weighted by molar-refractivity contribution is -0.152. The second-order valence-electron chi connectivity index (χ2n) is 7.46. The number of methoxy groups -OCH3 is 2. The van der Waals surface area contributed by atoms with Crippen molar-refractivity contribution in [1.29, 1.82) is 0 Å². The molecule has 2 aromatic carbocycles. The maximum atomic E-state index is 13.3. The highest BCUT2D eigenvalue weighted by molar-refractivity contribution is 6.30. The van der Waals surface area contributed by atoms with E-state index < -0.39 is 18.2 Å². The van der Waals surface area contributed by atoms with Crippen molar-refractivity contribution in [3.05, 3.63) is 59.1 Å². The van der Waals surface area contributed by atoms with Crippen LogP contribution in [0.15, 0.2) is 48.5 Å². The van der Waals surface area contributed by atoms with Crippen molar-refractivity contribution in [2.24, 2.45) is 0 Å². The molecule has 0 radical (unpaired) electrons. The van der Waals surface area contributed by atoms with Gasteiger partial charge >= 0.3 is 0 Å². The number of benzene rings is 2. The van der Waals surface area contributed by atoms with E-state index in [9.17, 15) is 14.4 Å². The molecule has 8 nitrogen and oxygen atoms in total. The van der Waals surface area contributed by atoms with Crippen LogP contribution in [0, 0.1) is 0 Å². The Morgan fingerprint density at radius 3 is 2.30 bits per heavy atom. The van der Waals surface area contributed by atoms with Crippen molar-refractivity contribution < 1.29 is 28.6 Å². The Labute approximate surface area is 198 Å². The number of carbonyl (C=O) groups excluding carboxylic acids is 3. The average Bonchev–Trinajstić information content (AvgIpc) is 3.10. The fourth-order valence-corrected chi connectivity index (χ4v) is 3.80. The number of imide groups is 1. The zero-order chi connectivity index (χ0) is 24.0. The van der Waals surface area contributed by atoms with Crippen LogP contribution in [0.1, 0.15) is 18.9 Å². The second-order valence-corrected chi connectivity index (χ2v) is 7.90. The molecule has 1 aliphatic rings. The van der Waals surface area contributed by atoms with Gasteiger partial charge in [-0.2, -0.15) is 0 Å². The summed E-state index contributed by atoms with van der Waals surface area (Å²) < 4.78 is 15.9. The quantitative estimate of drug-likeness (QED) is 0.388. The van der Waals surface area contributed by atoms with E-state index in [0.29, 0.717) is 23.1 Å². The van der Waals surface area contributed by atoms with Crippen LogP contribution in [-0.2, 0) is 30.3 Å². The highest BCUT2D eigenvalue weighted by Gasteiger charge is 2.44. The summed E-state index contributed by atoms with van der Waals surface area (Å²) in [5.41, 5.74) is 1.16. The van der Waals surface area contributed by atoms with Crippen LogP contribution in [0.4, 0.5) is 5.69 Å². The normalized spacial score (nSPS) is 15.9. The molecule has 9 heteroatoms. The van der Waals surface area contributed by atoms with Gasteiger partial charge in [0.25, 0.3) is 5.91 Å². The number of nitrogens with zero attached hydrogens (tertiary/aromatic N) is 2. The third kappa shape index (κ3) is 5.90.